The number of hydrogen-bond acceptors (Lipinski definition) is 2. The summed E-state index contributed by atoms with van der Waals surface area (Å²) in [4.78, 5) is 0. The average molecular weight is 323 g/mol. The first kappa shape index (κ1) is 13.5. The molecular weight excluding hydrogens is 311 g/mol. The molecule has 3 nitrogen and oxygen atoms in total. The first-order valence-corrected chi connectivity index (χ1v) is 6.36. The molecule has 2 rings (SSSR count). The second-order valence-corrected chi connectivity index (χ2v) is 4.92. The number of halogens is 2. The largest absolute Gasteiger partial charge is 0.489 e. The Balaban J connectivity index is 2.03. The highest BCUT2D eigenvalue weighted by molar-refractivity contribution is 9.10. The molecule has 98 valence electrons. The highest BCUT2D eigenvalue weighted by atomic mass is 79.9. The molecule has 0 amide bonds. The molecule has 0 unspecified atom stereocenters. The van der Waals surface area contributed by atoms with E-state index in [9.17, 15) is 4.39 Å². The van der Waals surface area contributed by atoms with Gasteiger partial charge in [0.2, 0.25) is 0 Å². The predicted molar refractivity (Wildman–Crippen MR) is 75.9 cm³/mol. The third-order valence-electron chi connectivity index (χ3n) is 2.51. The van der Waals surface area contributed by atoms with Gasteiger partial charge in [-0.2, -0.15) is 0 Å². The number of hydrogen-bond donors (Lipinski definition) is 2. The maximum Gasteiger partial charge on any atom is 0.128 e. The Morgan fingerprint density at radius 1 is 1.21 bits per heavy atom. The molecule has 2 aromatic carbocycles. The standard InChI is InChI=1S/C14H12BrFN2O/c15-11-5-12(16)7-13(6-11)19-8-9-1-3-10(4-2-9)14(17)18/h1-7H,8H2,(H3,17,18). The van der Waals surface area contributed by atoms with E-state index < -0.39 is 0 Å². The summed E-state index contributed by atoms with van der Waals surface area (Å²) in [5, 5.41) is 7.29. The Kier molecular flexibility index (Phi) is 4.16. The Morgan fingerprint density at radius 3 is 2.47 bits per heavy atom. The van der Waals surface area contributed by atoms with E-state index >= 15 is 0 Å². The number of nitrogens with one attached hydrogen (secondary N) is 1. The molecule has 2 aromatic rings. The summed E-state index contributed by atoms with van der Waals surface area (Å²) in [6.45, 7) is 0.327. The van der Waals surface area contributed by atoms with Crippen molar-refractivity contribution in [2.75, 3.05) is 0 Å². The molecule has 0 aliphatic heterocycles. The van der Waals surface area contributed by atoms with Crippen LogP contribution in [0.2, 0.25) is 0 Å². The molecule has 0 fully saturated rings. The maximum atomic E-state index is 13.1. The van der Waals surface area contributed by atoms with E-state index in [0.717, 1.165) is 5.56 Å². The van der Waals surface area contributed by atoms with Crippen molar-refractivity contribution in [1.29, 1.82) is 5.41 Å². The Morgan fingerprint density at radius 2 is 1.89 bits per heavy atom. The van der Waals surface area contributed by atoms with Crippen LogP contribution < -0.4 is 10.5 Å². The first-order chi connectivity index (χ1) is 9.04. The summed E-state index contributed by atoms with van der Waals surface area (Å²) in [6, 6.07) is 11.6. The molecule has 3 N–H and O–H groups in total. The SMILES string of the molecule is N=C(N)c1ccc(COc2cc(F)cc(Br)c2)cc1. The zero-order valence-corrected chi connectivity index (χ0v) is 11.6. The second kappa shape index (κ2) is 5.84. The van der Waals surface area contributed by atoms with E-state index in [1.54, 1.807) is 18.2 Å². The number of rotatable bonds is 4. The van der Waals surface area contributed by atoms with Gasteiger partial charge in [0, 0.05) is 16.1 Å². The molecule has 0 heterocycles. The third-order valence-corrected chi connectivity index (χ3v) is 2.96. The number of benzene rings is 2. The average Bonchev–Trinajstić information content (AvgIpc) is 2.36. The number of amidine groups is 1. The van der Waals surface area contributed by atoms with E-state index in [1.165, 1.54) is 12.1 Å². The minimum atomic E-state index is -0.351. The van der Waals surface area contributed by atoms with Gasteiger partial charge in [0.1, 0.15) is 24.0 Å². The Bertz CT molecular complexity index is 579. The molecule has 0 spiro atoms. The van der Waals surface area contributed by atoms with Gasteiger partial charge in [0.25, 0.3) is 0 Å². The van der Waals surface area contributed by atoms with Gasteiger partial charge in [0.05, 0.1) is 0 Å². The van der Waals surface area contributed by atoms with E-state index in [0.29, 0.717) is 22.4 Å². The summed E-state index contributed by atoms with van der Waals surface area (Å²) in [7, 11) is 0. The molecule has 0 saturated heterocycles. The fourth-order valence-corrected chi connectivity index (χ4v) is 2.00. The van der Waals surface area contributed by atoms with E-state index in [4.69, 9.17) is 15.9 Å². The molecule has 0 radical (unpaired) electrons. The molecule has 0 atom stereocenters. The highest BCUT2D eigenvalue weighted by Gasteiger charge is 2.02. The zero-order chi connectivity index (χ0) is 13.8. The van der Waals surface area contributed by atoms with Gasteiger partial charge in [-0.05, 0) is 17.7 Å². The number of nitrogen functional groups attached to an aromatic ring is 1. The highest BCUT2D eigenvalue weighted by Crippen LogP contribution is 2.21. The van der Waals surface area contributed by atoms with Gasteiger partial charge < -0.3 is 10.5 Å². The maximum absolute atomic E-state index is 13.1. The van der Waals surface area contributed by atoms with Crippen molar-refractivity contribution in [2.45, 2.75) is 6.61 Å². The number of ether oxygens (including phenoxy) is 1. The van der Waals surface area contributed by atoms with Crippen LogP contribution in [0.3, 0.4) is 0 Å². The zero-order valence-electron chi connectivity index (χ0n) is 9.99. The van der Waals surface area contributed by atoms with Crippen molar-refractivity contribution < 1.29 is 9.13 Å². The monoisotopic (exact) mass is 322 g/mol. The lowest BCUT2D eigenvalue weighted by molar-refractivity contribution is 0.304. The smallest absolute Gasteiger partial charge is 0.128 e. The van der Waals surface area contributed by atoms with Crippen LogP contribution in [0.25, 0.3) is 0 Å². The van der Waals surface area contributed by atoms with Gasteiger partial charge >= 0.3 is 0 Å². The van der Waals surface area contributed by atoms with Crippen molar-refractivity contribution in [3.63, 3.8) is 0 Å². The van der Waals surface area contributed by atoms with Gasteiger partial charge in [-0.3, -0.25) is 5.41 Å². The van der Waals surface area contributed by atoms with E-state index in [1.807, 2.05) is 12.1 Å². The number of nitrogens with two attached hydrogens (primary N) is 1. The molecule has 0 saturated carbocycles. The van der Waals surface area contributed by atoms with Crippen LogP contribution in [0.15, 0.2) is 46.9 Å². The second-order valence-electron chi connectivity index (χ2n) is 4.00. The van der Waals surface area contributed by atoms with Crippen molar-refractivity contribution in [3.05, 3.63) is 63.9 Å². The van der Waals surface area contributed by atoms with Crippen molar-refractivity contribution in [3.8, 4) is 5.75 Å². The Labute approximate surface area is 118 Å². The summed E-state index contributed by atoms with van der Waals surface area (Å²) in [5.41, 5.74) is 6.95. The van der Waals surface area contributed by atoms with Gasteiger partial charge in [-0.15, -0.1) is 0 Å². The van der Waals surface area contributed by atoms with Crippen molar-refractivity contribution in [1.82, 2.24) is 0 Å². The summed E-state index contributed by atoms with van der Waals surface area (Å²) >= 11 is 3.21. The minimum absolute atomic E-state index is 0.0292. The fourth-order valence-electron chi connectivity index (χ4n) is 1.56. The van der Waals surface area contributed by atoms with E-state index in [-0.39, 0.29) is 11.7 Å². The third kappa shape index (κ3) is 3.79. The molecule has 0 aliphatic rings. The van der Waals surface area contributed by atoms with Crippen LogP contribution in [0.1, 0.15) is 11.1 Å². The van der Waals surface area contributed by atoms with Gasteiger partial charge in [-0.25, -0.2) is 4.39 Å². The lowest BCUT2D eigenvalue weighted by Gasteiger charge is -2.07. The van der Waals surface area contributed by atoms with Gasteiger partial charge in [0.15, 0.2) is 0 Å². The molecule has 0 aromatic heterocycles. The van der Waals surface area contributed by atoms with E-state index in [2.05, 4.69) is 15.9 Å². The fraction of sp³-hybridized carbons (Fsp3) is 0.0714. The van der Waals surface area contributed by atoms with Gasteiger partial charge in [-0.1, -0.05) is 40.2 Å². The Hall–Kier alpha value is -1.88. The molecule has 5 heteroatoms. The lowest BCUT2D eigenvalue weighted by atomic mass is 10.1. The lowest BCUT2D eigenvalue weighted by Crippen LogP contribution is -2.10. The molecule has 0 aliphatic carbocycles. The predicted octanol–water partition coefficient (Wildman–Crippen LogP) is 3.45. The van der Waals surface area contributed by atoms with Crippen LogP contribution in [0.4, 0.5) is 4.39 Å². The summed E-state index contributed by atoms with van der Waals surface area (Å²) in [6.07, 6.45) is 0. The first-order valence-electron chi connectivity index (χ1n) is 5.57. The van der Waals surface area contributed by atoms with Crippen molar-refractivity contribution in [2.24, 2.45) is 5.73 Å². The molecular formula is C14H12BrFN2O. The summed E-state index contributed by atoms with van der Waals surface area (Å²) < 4.78 is 19.3. The van der Waals surface area contributed by atoms with Crippen LogP contribution in [-0.4, -0.2) is 5.84 Å². The quantitative estimate of drug-likeness (QED) is 0.669. The normalized spacial score (nSPS) is 10.2. The van der Waals surface area contributed by atoms with Crippen LogP contribution in [-0.2, 0) is 6.61 Å². The van der Waals surface area contributed by atoms with Crippen LogP contribution >= 0.6 is 15.9 Å². The van der Waals surface area contributed by atoms with Crippen LogP contribution in [0.5, 0.6) is 5.75 Å². The molecule has 0 bridgehead atoms. The molecule has 19 heavy (non-hydrogen) atoms. The summed E-state index contributed by atoms with van der Waals surface area (Å²) in [5.74, 6) is 0.139. The van der Waals surface area contributed by atoms with Crippen LogP contribution in [0, 0.1) is 11.2 Å². The minimum Gasteiger partial charge on any atom is -0.489 e. The van der Waals surface area contributed by atoms with Crippen molar-refractivity contribution >= 4 is 21.8 Å². The topological polar surface area (TPSA) is 59.1 Å².